The van der Waals surface area contributed by atoms with Crippen LogP contribution in [0.5, 0.6) is 11.5 Å². The number of benzene rings is 2. The Hall–Kier alpha value is -2.53. The molecule has 2 aliphatic rings. The summed E-state index contributed by atoms with van der Waals surface area (Å²) >= 11 is 0. The Kier molecular flexibility index (Phi) is 6.81. The molecule has 1 atom stereocenters. The fraction of sp³-hybridized carbons (Fsp3) is 0.500. The summed E-state index contributed by atoms with van der Waals surface area (Å²) in [7, 11) is 3.33. The van der Waals surface area contributed by atoms with Crippen LogP contribution in [0.3, 0.4) is 0 Å². The summed E-state index contributed by atoms with van der Waals surface area (Å²) in [5.74, 6) is 2.02. The number of nitrogens with one attached hydrogen (secondary N) is 1. The lowest BCUT2D eigenvalue weighted by Gasteiger charge is -2.33. The van der Waals surface area contributed by atoms with Gasteiger partial charge in [0.05, 0.1) is 14.2 Å². The lowest BCUT2D eigenvalue weighted by molar-refractivity contribution is -0.123. The topological polar surface area (TPSA) is 50.8 Å². The van der Waals surface area contributed by atoms with Gasteiger partial charge in [0.2, 0.25) is 5.91 Å². The second kappa shape index (κ2) is 9.73. The fourth-order valence-electron chi connectivity index (χ4n) is 4.94. The van der Waals surface area contributed by atoms with Gasteiger partial charge in [0, 0.05) is 19.0 Å². The normalized spacial score (nSPS) is 19.7. The van der Waals surface area contributed by atoms with E-state index in [1.807, 2.05) is 12.1 Å². The summed E-state index contributed by atoms with van der Waals surface area (Å²) in [5, 5.41) is 3.18. The lowest BCUT2D eigenvalue weighted by atomic mass is 9.90. The van der Waals surface area contributed by atoms with Crippen LogP contribution in [-0.4, -0.2) is 44.7 Å². The largest absolute Gasteiger partial charge is 0.493 e. The molecule has 1 saturated heterocycles. The molecule has 5 nitrogen and oxygen atoms in total. The number of ether oxygens (including phenoxy) is 2. The maximum absolute atomic E-state index is 12.6. The molecule has 1 aliphatic carbocycles. The van der Waals surface area contributed by atoms with Gasteiger partial charge >= 0.3 is 0 Å². The first-order chi connectivity index (χ1) is 15.1. The first-order valence-corrected chi connectivity index (χ1v) is 11.4. The third-order valence-electron chi connectivity index (χ3n) is 7.00. The smallest absolute Gasteiger partial charge is 0.223 e. The van der Waals surface area contributed by atoms with Crippen LogP contribution >= 0.6 is 0 Å². The Labute approximate surface area is 185 Å². The van der Waals surface area contributed by atoms with Crippen molar-refractivity contribution < 1.29 is 14.3 Å². The summed E-state index contributed by atoms with van der Waals surface area (Å²) in [5.41, 5.74) is 2.82. The Morgan fingerprint density at radius 1 is 1.03 bits per heavy atom. The minimum absolute atomic E-state index is 0.215. The molecule has 0 radical (unpaired) electrons. The summed E-state index contributed by atoms with van der Waals surface area (Å²) in [6.07, 6.45) is 5.29. The van der Waals surface area contributed by atoms with Gasteiger partial charge in [-0.05, 0) is 73.9 Å². The number of carbonyl (C=O) groups is 1. The number of methoxy groups -OCH3 is 2. The molecule has 1 spiro atoms. The van der Waals surface area contributed by atoms with Crippen molar-refractivity contribution in [3.8, 4) is 11.5 Å². The zero-order valence-electron chi connectivity index (χ0n) is 18.7. The van der Waals surface area contributed by atoms with E-state index in [-0.39, 0.29) is 17.2 Å². The van der Waals surface area contributed by atoms with Gasteiger partial charge in [0.15, 0.2) is 11.5 Å². The van der Waals surface area contributed by atoms with Gasteiger partial charge in [-0.1, -0.05) is 36.4 Å². The van der Waals surface area contributed by atoms with Crippen molar-refractivity contribution in [1.29, 1.82) is 0 Å². The van der Waals surface area contributed by atoms with Crippen LogP contribution < -0.4 is 14.8 Å². The van der Waals surface area contributed by atoms with Gasteiger partial charge in [-0.25, -0.2) is 0 Å². The summed E-state index contributed by atoms with van der Waals surface area (Å²) in [6.45, 7) is 3.77. The van der Waals surface area contributed by atoms with E-state index in [2.05, 4.69) is 46.6 Å². The number of piperidine rings is 1. The predicted octanol–water partition coefficient (Wildman–Crippen LogP) is 4.05. The molecule has 166 valence electrons. The summed E-state index contributed by atoms with van der Waals surface area (Å²) in [4.78, 5) is 15.1. The molecule has 1 unspecified atom stereocenters. The number of hydrogen-bond acceptors (Lipinski definition) is 4. The molecule has 4 rings (SSSR count). The third-order valence-corrected chi connectivity index (χ3v) is 7.00. The van der Waals surface area contributed by atoms with Crippen molar-refractivity contribution in [3.05, 3.63) is 59.7 Å². The van der Waals surface area contributed by atoms with Crippen LogP contribution in [0.2, 0.25) is 0 Å². The molecule has 5 heteroatoms. The van der Waals surface area contributed by atoms with E-state index in [0.29, 0.717) is 0 Å². The van der Waals surface area contributed by atoms with E-state index in [9.17, 15) is 4.79 Å². The highest BCUT2D eigenvalue weighted by Gasteiger charge is 2.58. The zero-order chi connectivity index (χ0) is 21.7. The standard InChI is InChI=1S/C26H34N2O3/c1-30-23-11-10-21(17-24(23)31-2)19-28-15-12-26(13-16-28)18-22(26)25(29)27-14-6-9-20-7-4-3-5-8-20/h3-5,7-8,10-11,17,22H,6,9,12-16,18-19H2,1-2H3,(H,27,29). The van der Waals surface area contributed by atoms with Crippen molar-refractivity contribution in [2.24, 2.45) is 11.3 Å². The van der Waals surface area contributed by atoms with E-state index in [0.717, 1.165) is 69.8 Å². The van der Waals surface area contributed by atoms with Gasteiger partial charge in [-0.15, -0.1) is 0 Å². The number of carbonyl (C=O) groups excluding carboxylic acids is 1. The summed E-state index contributed by atoms with van der Waals surface area (Å²) in [6, 6.07) is 16.6. The third kappa shape index (κ3) is 5.21. The maximum atomic E-state index is 12.6. The van der Waals surface area contributed by atoms with Crippen LogP contribution in [0.4, 0.5) is 0 Å². The van der Waals surface area contributed by atoms with Crippen LogP contribution in [-0.2, 0) is 17.8 Å². The summed E-state index contributed by atoms with van der Waals surface area (Å²) < 4.78 is 10.8. The highest BCUT2D eigenvalue weighted by molar-refractivity contribution is 5.82. The average molecular weight is 423 g/mol. The molecule has 2 fully saturated rings. The monoisotopic (exact) mass is 422 g/mol. The number of amides is 1. The first-order valence-electron chi connectivity index (χ1n) is 11.4. The van der Waals surface area contributed by atoms with Crippen LogP contribution in [0, 0.1) is 11.3 Å². The van der Waals surface area contributed by atoms with Crippen LogP contribution in [0.15, 0.2) is 48.5 Å². The van der Waals surface area contributed by atoms with Crippen molar-refractivity contribution in [2.45, 2.75) is 38.6 Å². The number of aryl methyl sites for hydroxylation is 1. The van der Waals surface area contributed by atoms with E-state index >= 15 is 0 Å². The first kappa shape index (κ1) is 21.7. The molecule has 2 aromatic carbocycles. The predicted molar refractivity (Wildman–Crippen MR) is 122 cm³/mol. The highest BCUT2D eigenvalue weighted by atomic mass is 16.5. The average Bonchev–Trinajstić information content (AvgIpc) is 3.52. The number of rotatable bonds is 9. The van der Waals surface area contributed by atoms with E-state index in [4.69, 9.17) is 9.47 Å². The fourth-order valence-corrected chi connectivity index (χ4v) is 4.94. The van der Waals surface area contributed by atoms with E-state index in [1.165, 1.54) is 11.1 Å². The zero-order valence-corrected chi connectivity index (χ0v) is 18.7. The number of likely N-dealkylation sites (tertiary alicyclic amines) is 1. The lowest BCUT2D eigenvalue weighted by Crippen LogP contribution is -2.37. The van der Waals surface area contributed by atoms with Crippen molar-refractivity contribution in [3.63, 3.8) is 0 Å². The molecule has 2 aromatic rings. The maximum Gasteiger partial charge on any atom is 0.223 e. The van der Waals surface area contributed by atoms with Gasteiger partial charge in [0.1, 0.15) is 0 Å². The Bertz CT molecular complexity index is 875. The van der Waals surface area contributed by atoms with Crippen LogP contribution in [0.25, 0.3) is 0 Å². The molecular formula is C26H34N2O3. The molecule has 1 heterocycles. The minimum Gasteiger partial charge on any atom is -0.493 e. The molecule has 1 amide bonds. The van der Waals surface area contributed by atoms with Crippen molar-refractivity contribution in [2.75, 3.05) is 33.9 Å². The molecule has 1 saturated carbocycles. The van der Waals surface area contributed by atoms with Crippen molar-refractivity contribution in [1.82, 2.24) is 10.2 Å². The SMILES string of the molecule is COc1ccc(CN2CCC3(CC2)CC3C(=O)NCCCc2ccccc2)cc1OC. The Balaban J connectivity index is 1.19. The minimum atomic E-state index is 0.215. The quantitative estimate of drug-likeness (QED) is 0.620. The van der Waals surface area contributed by atoms with Gasteiger partial charge in [0.25, 0.3) is 0 Å². The van der Waals surface area contributed by atoms with Crippen LogP contribution in [0.1, 0.15) is 36.8 Å². The van der Waals surface area contributed by atoms with Gasteiger partial charge in [-0.3, -0.25) is 9.69 Å². The van der Waals surface area contributed by atoms with Gasteiger partial charge in [-0.2, -0.15) is 0 Å². The number of hydrogen-bond donors (Lipinski definition) is 1. The van der Waals surface area contributed by atoms with E-state index in [1.54, 1.807) is 14.2 Å². The van der Waals surface area contributed by atoms with E-state index < -0.39 is 0 Å². The number of nitrogens with zero attached hydrogens (tertiary/aromatic N) is 1. The molecule has 1 aliphatic heterocycles. The molecule has 0 bridgehead atoms. The molecule has 0 aromatic heterocycles. The second-order valence-electron chi connectivity index (χ2n) is 8.96. The Morgan fingerprint density at radius 2 is 1.77 bits per heavy atom. The van der Waals surface area contributed by atoms with Crippen molar-refractivity contribution >= 4 is 5.91 Å². The molecular weight excluding hydrogens is 388 g/mol. The highest BCUT2D eigenvalue weighted by Crippen LogP contribution is 2.59. The molecule has 1 N–H and O–H groups in total. The Morgan fingerprint density at radius 3 is 2.48 bits per heavy atom. The second-order valence-corrected chi connectivity index (χ2v) is 8.96. The molecule has 31 heavy (non-hydrogen) atoms. The van der Waals surface area contributed by atoms with Gasteiger partial charge < -0.3 is 14.8 Å².